The van der Waals surface area contributed by atoms with Gasteiger partial charge in [-0.05, 0) is 28.1 Å². The number of benzene rings is 1. The van der Waals surface area contributed by atoms with E-state index in [2.05, 4.69) is 31.2 Å². The lowest BCUT2D eigenvalue weighted by Gasteiger charge is -2.12. The van der Waals surface area contributed by atoms with E-state index in [4.69, 9.17) is 9.47 Å². The predicted octanol–water partition coefficient (Wildman–Crippen LogP) is 3.11. The molecule has 2 aromatic rings. The smallest absolute Gasteiger partial charge is 0.175 e. The normalized spacial score (nSPS) is 13.7. The molecule has 0 atom stereocenters. The van der Waals surface area contributed by atoms with Crippen LogP contribution in [0.1, 0.15) is 6.42 Å². The van der Waals surface area contributed by atoms with Crippen molar-refractivity contribution in [1.29, 1.82) is 0 Å². The second kappa shape index (κ2) is 5.66. The number of hydrogen-bond acceptors (Lipinski definition) is 5. The molecule has 1 aliphatic heterocycles. The summed E-state index contributed by atoms with van der Waals surface area (Å²) in [6, 6.07) is 3.91. The summed E-state index contributed by atoms with van der Waals surface area (Å²) in [5.41, 5.74) is 1.71. The maximum atomic E-state index is 5.74. The quantitative estimate of drug-likeness (QED) is 0.913. The van der Waals surface area contributed by atoms with Crippen LogP contribution in [0.25, 0.3) is 11.3 Å². The van der Waals surface area contributed by atoms with E-state index in [-0.39, 0.29) is 0 Å². The first-order chi connectivity index (χ1) is 9.79. The summed E-state index contributed by atoms with van der Waals surface area (Å²) in [4.78, 5) is 8.66. The number of nitrogens with zero attached hydrogens (tertiary/aromatic N) is 2. The number of fused-ring (bicyclic) bond motifs is 1. The Kier molecular flexibility index (Phi) is 3.73. The minimum Gasteiger partial charge on any atom is -0.489 e. The Bertz CT molecular complexity index is 634. The summed E-state index contributed by atoms with van der Waals surface area (Å²) in [5.74, 6) is 2.22. The molecule has 1 aromatic carbocycles. The van der Waals surface area contributed by atoms with Crippen molar-refractivity contribution in [1.82, 2.24) is 9.97 Å². The molecule has 6 heteroatoms. The largest absolute Gasteiger partial charge is 0.489 e. The van der Waals surface area contributed by atoms with Crippen molar-refractivity contribution in [3.63, 3.8) is 0 Å². The van der Waals surface area contributed by atoms with Crippen LogP contribution in [-0.4, -0.2) is 30.2 Å². The highest BCUT2D eigenvalue weighted by Crippen LogP contribution is 2.41. The fourth-order valence-corrected chi connectivity index (χ4v) is 2.66. The summed E-state index contributed by atoms with van der Waals surface area (Å²) >= 11 is 3.54. The van der Waals surface area contributed by atoms with Crippen LogP contribution in [0.15, 0.2) is 29.0 Å². The highest BCUT2D eigenvalue weighted by molar-refractivity contribution is 9.10. The van der Waals surface area contributed by atoms with Crippen molar-refractivity contribution in [3.8, 4) is 22.8 Å². The summed E-state index contributed by atoms with van der Waals surface area (Å²) in [5, 5.41) is 3.04. The Morgan fingerprint density at radius 3 is 2.80 bits per heavy atom. The fourth-order valence-electron chi connectivity index (χ4n) is 2.10. The molecule has 0 radical (unpaired) electrons. The Morgan fingerprint density at radius 1 is 1.15 bits per heavy atom. The molecule has 0 fully saturated rings. The van der Waals surface area contributed by atoms with Crippen molar-refractivity contribution in [2.24, 2.45) is 0 Å². The number of aromatic nitrogens is 2. The van der Waals surface area contributed by atoms with Crippen molar-refractivity contribution in [3.05, 3.63) is 29.0 Å². The number of rotatable bonds is 2. The van der Waals surface area contributed by atoms with Gasteiger partial charge in [-0.2, -0.15) is 0 Å². The maximum Gasteiger partial charge on any atom is 0.175 e. The van der Waals surface area contributed by atoms with Crippen molar-refractivity contribution in [2.45, 2.75) is 6.42 Å². The molecular formula is C14H14BrN3O2. The fraction of sp³-hybridized carbons (Fsp3) is 0.286. The van der Waals surface area contributed by atoms with Crippen LogP contribution in [0.4, 0.5) is 5.82 Å². The third-order valence-corrected chi connectivity index (χ3v) is 3.60. The van der Waals surface area contributed by atoms with E-state index < -0.39 is 0 Å². The standard InChI is InChI=1S/C14H14BrN3O2/c1-16-14-12(17-3-4-18-14)9-7-10(15)13-11(8-9)19-5-2-6-20-13/h3-4,7-8H,2,5-6H2,1H3,(H,16,18). The molecule has 0 saturated carbocycles. The van der Waals surface area contributed by atoms with Gasteiger partial charge in [-0.1, -0.05) is 0 Å². The van der Waals surface area contributed by atoms with E-state index in [1.165, 1.54) is 0 Å². The maximum absolute atomic E-state index is 5.74. The number of nitrogens with one attached hydrogen (secondary N) is 1. The van der Waals surface area contributed by atoms with Gasteiger partial charge in [0.05, 0.1) is 17.7 Å². The van der Waals surface area contributed by atoms with Crippen LogP contribution in [0, 0.1) is 0 Å². The van der Waals surface area contributed by atoms with E-state index in [0.717, 1.165) is 39.5 Å². The van der Waals surface area contributed by atoms with Gasteiger partial charge < -0.3 is 14.8 Å². The number of hydrogen-bond donors (Lipinski definition) is 1. The van der Waals surface area contributed by atoms with E-state index >= 15 is 0 Å². The molecule has 1 N–H and O–H groups in total. The van der Waals surface area contributed by atoms with Gasteiger partial charge in [-0.3, -0.25) is 4.98 Å². The van der Waals surface area contributed by atoms with Gasteiger partial charge >= 0.3 is 0 Å². The second-order valence-electron chi connectivity index (χ2n) is 4.34. The lowest BCUT2D eigenvalue weighted by atomic mass is 10.1. The molecular weight excluding hydrogens is 322 g/mol. The lowest BCUT2D eigenvalue weighted by Crippen LogP contribution is -1.98. The summed E-state index contributed by atoms with van der Waals surface area (Å²) in [7, 11) is 1.83. The van der Waals surface area contributed by atoms with Crippen LogP contribution >= 0.6 is 15.9 Å². The first-order valence-electron chi connectivity index (χ1n) is 6.38. The van der Waals surface area contributed by atoms with E-state index in [9.17, 15) is 0 Å². The van der Waals surface area contributed by atoms with Gasteiger partial charge in [0.1, 0.15) is 5.69 Å². The lowest BCUT2D eigenvalue weighted by molar-refractivity contribution is 0.296. The van der Waals surface area contributed by atoms with Crippen LogP contribution in [-0.2, 0) is 0 Å². The molecule has 104 valence electrons. The zero-order valence-corrected chi connectivity index (χ0v) is 12.6. The Hall–Kier alpha value is -1.82. The molecule has 0 spiro atoms. The highest BCUT2D eigenvalue weighted by atomic mass is 79.9. The highest BCUT2D eigenvalue weighted by Gasteiger charge is 2.17. The molecule has 5 nitrogen and oxygen atoms in total. The minimum atomic E-state index is 0.655. The summed E-state index contributed by atoms with van der Waals surface area (Å²) < 4.78 is 12.3. The van der Waals surface area contributed by atoms with Gasteiger partial charge in [0, 0.05) is 31.4 Å². The van der Waals surface area contributed by atoms with Gasteiger partial charge in [0.2, 0.25) is 0 Å². The van der Waals surface area contributed by atoms with Crippen molar-refractivity contribution >= 4 is 21.7 Å². The van der Waals surface area contributed by atoms with Gasteiger partial charge in [-0.15, -0.1) is 0 Å². The molecule has 1 aromatic heterocycles. The third-order valence-electron chi connectivity index (χ3n) is 3.01. The Balaban J connectivity index is 2.11. The van der Waals surface area contributed by atoms with Gasteiger partial charge in [0.25, 0.3) is 0 Å². The topological polar surface area (TPSA) is 56.3 Å². The second-order valence-corrected chi connectivity index (χ2v) is 5.19. The van der Waals surface area contributed by atoms with E-state index in [0.29, 0.717) is 13.2 Å². The van der Waals surface area contributed by atoms with Crippen LogP contribution in [0.3, 0.4) is 0 Å². The van der Waals surface area contributed by atoms with Crippen molar-refractivity contribution in [2.75, 3.05) is 25.6 Å². The number of ether oxygens (including phenoxy) is 2. The molecule has 0 unspecified atom stereocenters. The van der Waals surface area contributed by atoms with Crippen LogP contribution in [0.2, 0.25) is 0 Å². The number of halogens is 1. The minimum absolute atomic E-state index is 0.655. The molecule has 20 heavy (non-hydrogen) atoms. The van der Waals surface area contributed by atoms with Crippen molar-refractivity contribution < 1.29 is 9.47 Å². The first kappa shape index (κ1) is 13.2. The monoisotopic (exact) mass is 335 g/mol. The molecule has 0 aliphatic carbocycles. The van der Waals surface area contributed by atoms with Gasteiger partial charge in [0.15, 0.2) is 17.3 Å². The van der Waals surface area contributed by atoms with E-state index in [1.54, 1.807) is 12.4 Å². The Labute approximate surface area is 125 Å². The summed E-state index contributed by atoms with van der Waals surface area (Å²) in [6.07, 6.45) is 4.21. The molecule has 1 aliphatic rings. The zero-order valence-electron chi connectivity index (χ0n) is 11.0. The van der Waals surface area contributed by atoms with Crippen LogP contribution < -0.4 is 14.8 Å². The molecule has 0 saturated heterocycles. The molecule has 2 heterocycles. The summed E-state index contributed by atoms with van der Waals surface area (Å²) in [6.45, 7) is 1.32. The Morgan fingerprint density at radius 2 is 1.95 bits per heavy atom. The molecule has 3 rings (SSSR count). The molecule has 0 bridgehead atoms. The van der Waals surface area contributed by atoms with E-state index in [1.807, 2.05) is 19.2 Å². The molecule has 0 amide bonds. The average molecular weight is 336 g/mol. The predicted molar refractivity (Wildman–Crippen MR) is 80.3 cm³/mol. The first-order valence-corrected chi connectivity index (χ1v) is 7.17. The SMILES string of the molecule is CNc1nccnc1-c1cc(Br)c2c(c1)OCCCO2. The third kappa shape index (κ3) is 2.43. The number of anilines is 1. The average Bonchev–Trinajstić information content (AvgIpc) is 2.73. The van der Waals surface area contributed by atoms with Gasteiger partial charge in [-0.25, -0.2) is 4.98 Å². The zero-order chi connectivity index (χ0) is 13.9. The van der Waals surface area contributed by atoms with Crippen LogP contribution in [0.5, 0.6) is 11.5 Å².